The molecule has 1 aromatic carbocycles. The first-order chi connectivity index (χ1) is 11.4. The monoisotopic (exact) mass is 333 g/mol. The minimum absolute atomic E-state index is 0.0991. The van der Waals surface area contributed by atoms with Gasteiger partial charge in [-0.25, -0.2) is 0 Å². The molecule has 0 aliphatic carbocycles. The minimum atomic E-state index is 0.0991. The normalized spacial score (nSPS) is 16.0. The second-order valence-electron chi connectivity index (χ2n) is 7.31. The lowest BCUT2D eigenvalue weighted by Gasteiger charge is -2.26. The number of nitrogens with zero attached hydrogens (tertiary/aromatic N) is 1. The molecule has 0 bridgehead atoms. The summed E-state index contributed by atoms with van der Waals surface area (Å²) in [4.78, 5) is 14.2. The van der Waals surface area contributed by atoms with Gasteiger partial charge in [-0.05, 0) is 23.1 Å². The van der Waals surface area contributed by atoms with Gasteiger partial charge in [0.15, 0.2) is 0 Å². The van der Waals surface area contributed by atoms with Crippen LogP contribution < -0.4 is 10.6 Å². The molecule has 0 radical (unpaired) electrons. The summed E-state index contributed by atoms with van der Waals surface area (Å²) in [5.74, 6) is 0.0991. The van der Waals surface area contributed by atoms with Crippen LogP contribution in [-0.4, -0.2) is 56.7 Å². The highest BCUT2D eigenvalue weighted by molar-refractivity contribution is 5.76. The van der Waals surface area contributed by atoms with Crippen LogP contribution in [0.5, 0.6) is 0 Å². The van der Waals surface area contributed by atoms with Gasteiger partial charge in [0.1, 0.15) is 0 Å². The molecule has 2 N–H and O–H groups in total. The smallest absolute Gasteiger partial charge is 0.221 e. The van der Waals surface area contributed by atoms with Crippen molar-refractivity contribution in [3.63, 3.8) is 0 Å². The number of benzene rings is 1. The maximum atomic E-state index is 11.9. The number of carbonyl (C=O) groups is 1. The van der Waals surface area contributed by atoms with Crippen LogP contribution in [0, 0.1) is 0 Å². The van der Waals surface area contributed by atoms with Crippen LogP contribution >= 0.6 is 0 Å². The fourth-order valence-electron chi connectivity index (χ4n) is 2.68. The first-order valence-corrected chi connectivity index (χ1v) is 8.86. The van der Waals surface area contributed by atoms with Crippen molar-refractivity contribution in [3.8, 4) is 0 Å². The molecule has 1 heterocycles. The summed E-state index contributed by atoms with van der Waals surface area (Å²) in [6.45, 7) is 12.4. The maximum absolute atomic E-state index is 11.9. The highest BCUT2D eigenvalue weighted by Gasteiger charge is 2.13. The number of amides is 1. The molecule has 24 heavy (non-hydrogen) atoms. The van der Waals surface area contributed by atoms with Crippen molar-refractivity contribution < 1.29 is 9.53 Å². The second-order valence-corrected chi connectivity index (χ2v) is 7.31. The van der Waals surface area contributed by atoms with E-state index in [1.54, 1.807) is 0 Å². The fraction of sp³-hybridized carbons (Fsp3) is 0.632. The summed E-state index contributed by atoms with van der Waals surface area (Å²) in [6, 6.07) is 8.45. The van der Waals surface area contributed by atoms with Gasteiger partial charge in [-0.2, -0.15) is 0 Å². The lowest BCUT2D eigenvalue weighted by Crippen LogP contribution is -2.41. The Labute approximate surface area is 145 Å². The van der Waals surface area contributed by atoms with Crippen molar-refractivity contribution in [1.82, 2.24) is 10.2 Å². The number of anilines is 1. The van der Waals surface area contributed by atoms with E-state index >= 15 is 0 Å². The van der Waals surface area contributed by atoms with Gasteiger partial charge in [0, 0.05) is 44.8 Å². The Morgan fingerprint density at radius 3 is 2.42 bits per heavy atom. The number of nitrogens with one attached hydrogen (secondary N) is 2. The molecular weight excluding hydrogens is 302 g/mol. The lowest BCUT2D eigenvalue weighted by molar-refractivity contribution is -0.120. The lowest BCUT2D eigenvalue weighted by atomic mass is 9.87. The Morgan fingerprint density at radius 1 is 1.12 bits per heavy atom. The molecule has 0 atom stereocenters. The molecule has 5 heteroatoms. The molecule has 2 rings (SSSR count). The molecule has 1 amide bonds. The van der Waals surface area contributed by atoms with Crippen LogP contribution in [0.4, 0.5) is 5.69 Å². The molecule has 1 fully saturated rings. The van der Waals surface area contributed by atoms with Crippen LogP contribution in [0.1, 0.15) is 32.8 Å². The zero-order valence-corrected chi connectivity index (χ0v) is 15.2. The van der Waals surface area contributed by atoms with E-state index in [0.717, 1.165) is 38.5 Å². The molecule has 5 nitrogen and oxygen atoms in total. The van der Waals surface area contributed by atoms with E-state index in [2.05, 4.69) is 60.6 Å². The van der Waals surface area contributed by atoms with Crippen molar-refractivity contribution in [1.29, 1.82) is 0 Å². The van der Waals surface area contributed by atoms with E-state index in [9.17, 15) is 4.79 Å². The van der Waals surface area contributed by atoms with Gasteiger partial charge < -0.3 is 15.4 Å². The number of morpholine rings is 1. The number of carbonyl (C=O) groups excluding carboxylic acids is 1. The van der Waals surface area contributed by atoms with Gasteiger partial charge in [0.25, 0.3) is 0 Å². The van der Waals surface area contributed by atoms with E-state index in [1.807, 2.05) is 0 Å². The molecule has 1 saturated heterocycles. The third kappa shape index (κ3) is 6.49. The highest BCUT2D eigenvalue weighted by atomic mass is 16.5. The molecular formula is C19H31N3O2. The summed E-state index contributed by atoms with van der Waals surface area (Å²) in [5, 5.41) is 6.29. The van der Waals surface area contributed by atoms with E-state index in [0.29, 0.717) is 19.5 Å². The van der Waals surface area contributed by atoms with Gasteiger partial charge >= 0.3 is 0 Å². The molecule has 1 aliphatic heterocycles. The Morgan fingerprint density at radius 2 is 1.79 bits per heavy atom. The molecule has 1 aromatic rings. The summed E-state index contributed by atoms with van der Waals surface area (Å²) < 4.78 is 5.31. The average Bonchev–Trinajstić information content (AvgIpc) is 2.55. The number of hydrogen-bond acceptors (Lipinski definition) is 4. The quantitative estimate of drug-likeness (QED) is 0.803. The van der Waals surface area contributed by atoms with E-state index in [4.69, 9.17) is 4.74 Å². The zero-order valence-electron chi connectivity index (χ0n) is 15.2. The molecule has 0 saturated carbocycles. The standard InChI is InChI=1S/C19H31N3O2/c1-19(2,3)16-4-6-17(7-5-16)20-9-8-18(23)21-10-11-22-12-14-24-15-13-22/h4-7,20H,8-15H2,1-3H3,(H,21,23). The van der Waals surface area contributed by atoms with Crippen LogP contribution in [0.3, 0.4) is 0 Å². The Balaban J connectivity index is 1.60. The van der Waals surface area contributed by atoms with Crippen molar-refractivity contribution in [2.45, 2.75) is 32.6 Å². The number of hydrogen-bond donors (Lipinski definition) is 2. The SMILES string of the molecule is CC(C)(C)c1ccc(NCCC(=O)NCCN2CCOCC2)cc1. The summed E-state index contributed by atoms with van der Waals surface area (Å²) >= 11 is 0. The largest absolute Gasteiger partial charge is 0.385 e. The minimum Gasteiger partial charge on any atom is -0.385 e. The predicted octanol–water partition coefficient (Wildman–Crippen LogP) is 2.23. The van der Waals surface area contributed by atoms with Crippen LogP contribution in [0.2, 0.25) is 0 Å². The van der Waals surface area contributed by atoms with Crippen molar-refractivity contribution in [3.05, 3.63) is 29.8 Å². The van der Waals surface area contributed by atoms with Gasteiger partial charge in [-0.3, -0.25) is 9.69 Å². The Kier molecular flexibility index (Phi) is 7.06. The first-order valence-electron chi connectivity index (χ1n) is 8.86. The van der Waals surface area contributed by atoms with Crippen molar-refractivity contribution in [2.75, 3.05) is 51.3 Å². The number of ether oxygens (including phenoxy) is 1. The predicted molar refractivity (Wildman–Crippen MR) is 98.5 cm³/mol. The summed E-state index contributed by atoms with van der Waals surface area (Å²) in [5.41, 5.74) is 2.54. The molecule has 0 aromatic heterocycles. The molecule has 134 valence electrons. The van der Waals surface area contributed by atoms with Gasteiger partial charge in [0.2, 0.25) is 5.91 Å². The first kappa shape index (κ1) is 18.7. The van der Waals surface area contributed by atoms with Crippen LogP contribution in [0.15, 0.2) is 24.3 Å². The van der Waals surface area contributed by atoms with Gasteiger partial charge in [0.05, 0.1) is 13.2 Å². The van der Waals surface area contributed by atoms with E-state index in [1.165, 1.54) is 5.56 Å². The number of rotatable bonds is 7. The topological polar surface area (TPSA) is 53.6 Å². The van der Waals surface area contributed by atoms with Gasteiger partial charge in [-0.15, -0.1) is 0 Å². The summed E-state index contributed by atoms with van der Waals surface area (Å²) in [6.07, 6.45) is 0.490. The summed E-state index contributed by atoms with van der Waals surface area (Å²) in [7, 11) is 0. The van der Waals surface area contributed by atoms with Crippen LogP contribution in [0.25, 0.3) is 0 Å². The third-order valence-electron chi connectivity index (χ3n) is 4.29. The van der Waals surface area contributed by atoms with E-state index < -0.39 is 0 Å². The maximum Gasteiger partial charge on any atom is 0.221 e. The Hall–Kier alpha value is -1.59. The highest BCUT2D eigenvalue weighted by Crippen LogP contribution is 2.23. The van der Waals surface area contributed by atoms with Gasteiger partial charge in [-0.1, -0.05) is 32.9 Å². The average molecular weight is 333 g/mol. The van der Waals surface area contributed by atoms with Crippen molar-refractivity contribution in [2.24, 2.45) is 0 Å². The Bertz CT molecular complexity index is 502. The van der Waals surface area contributed by atoms with Crippen LogP contribution in [-0.2, 0) is 14.9 Å². The second kappa shape index (κ2) is 9.04. The van der Waals surface area contributed by atoms with E-state index in [-0.39, 0.29) is 11.3 Å². The third-order valence-corrected chi connectivity index (χ3v) is 4.29. The zero-order chi connectivity index (χ0) is 17.4. The van der Waals surface area contributed by atoms with Crippen molar-refractivity contribution >= 4 is 11.6 Å². The fourth-order valence-corrected chi connectivity index (χ4v) is 2.68. The molecule has 1 aliphatic rings. The molecule has 0 spiro atoms. The molecule has 0 unspecified atom stereocenters.